The molecule has 2 aliphatic heterocycles. The molecule has 2 spiro atoms. The number of ether oxygens (including phenoxy) is 2. The van der Waals surface area contributed by atoms with E-state index >= 15 is 0 Å². The molecule has 0 unspecified atom stereocenters. The van der Waals surface area contributed by atoms with Crippen LogP contribution >= 0.6 is 0 Å². The third-order valence-corrected chi connectivity index (χ3v) is 16.6. The molecule has 3 nitrogen and oxygen atoms in total. The monoisotopic (exact) mass is 955 g/mol. The molecule has 0 N–H and O–H groups in total. The van der Waals surface area contributed by atoms with Gasteiger partial charge in [0.25, 0.3) is 0 Å². The van der Waals surface area contributed by atoms with Crippen LogP contribution in [0, 0.1) is 0 Å². The standard InChI is InChI=1S/C72H45NO2/c1-2-20-46(21-3-1)47-40-42-48(43-41-47)50-23-6-13-33-63(50)73(65-35-19-32-61-70(65)52-25-5-8-27-56(52)71(61)57-28-9-14-36-66(57)74-67-37-15-10-29-58(67)71)64-34-18-22-49-44-54-51-24-4-7-26-55(51)72(62(54)45-53(49)64)59-30-11-16-38-68(59)75-69-39-17-12-31-60(69)72/h1-45H. The largest absolute Gasteiger partial charge is 0.457 e. The minimum atomic E-state index is -0.645. The zero-order chi connectivity index (χ0) is 49.2. The summed E-state index contributed by atoms with van der Waals surface area (Å²) in [7, 11) is 0. The Morgan fingerprint density at radius 1 is 0.253 bits per heavy atom. The first-order valence-electron chi connectivity index (χ1n) is 25.9. The highest BCUT2D eigenvalue weighted by Crippen LogP contribution is 2.66. The Labute approximate surface area is 435 Å². The summed E-state index contributed by atoms with van der Waals surface area (Å²) in [5, 5.41) is 2.32. The number of rotatable bonds is 5. The predicted octanol–water partition coefficient (Wildman–Crippen LogP) is 18.6. The van der Waals surface area contributed by atoms with Gasteiger partial charge < -0.3 is 14.4 Å². The number of nitrogens with zero attached hydrogens (tertiary/aromatic N) is 1. The molecular weight excluding hydrogens is 911 g/mol. The van der Waals surface area contributed by atoms with Gasteiger partial charge >= 0.3 is 0 Å². The van der Waals surface area contributed by atoms with Crippen LogP contribution in [-0.2, 0) is 10.8 Å². The normalized spacial score (nSPS) is 14.0. The Kier molecular flexibility index (Phi) is 8.88. The fraction of sp³-hybridized carbons (Fsp3) is 0.0278. The van der Waals surface area contributed by atoms with Crippen molar-refractivity contribution in [2.75, 3.05) is 4.90 Å². The molecule has 75 heavy (non-hydrogen) atoms. The lowest BCUT2D eigenvalue weighted by atomic mass is 9.66. The molecule has 0 radical (unpaired) electrons. The van der Waals surface area contributed by atoms with Crippen LogP contribution in [0.5, 0.6) is 23.0 Å². The van der Waals surface area contributed by atoms with E-state index in [1.54, 1.807) is 0 Å². The van der Waals surface area contributed by atoms with E-state index in [0.717, 1.165) is 84.2 Å². The van der Waals surface area contributed by atoms with Crippen LogP contribution in [-0.4, -0.2) is 0 Å². The quantitative estimate of drug-likeness (QED) is 0.172. The molecule has 12 aromatic rings. The van der Waals surface area contributed by atoms with E-state index in [9.17, 15) is 0 Å². The summed E-state index contributed by atoms with van der Waals surface area (Å²) in [5.41, 5.74) is 21.1. The zero-order valence-electron chi connectivity index (χ0n) is 40.7. The first-order chi connectivity index (χ1) is 37.2. The molecular formula is C72H45NO2. The fourth-order valence-electron chi connectivity index (χ4n) is 13.6. The second-order valence-corrected chi connectivity index (χ2v) is 20.2. The Bertz CT molecular complexity index is 4230. The number of para-hydroxylation sites is 5. The van der Waals surface area contributed by atoms with E-state index in [1.807, 2.05) is 0 Å². The number of fused-ring (bicyclic) bond motifs is 19. The molecule has 16 rings (SSSR count). The Balaban J connectivity index is 1.01. The van der Waals surface area contributed by atoms with Crippen molar-refractivity contribution in [3.8, 4) is 67.5 Å². The number of benzene rings is 12. The van der Waals surface area contributed by atoms with Crippen molar-refractivity contribution in [2.24, 2.45) is 0 Å². The van der Waals surface area contributed by atoms with Crippen molar-refractivity contribution in [3.05, 3.63) is 317 Å². The van der Waals surface area contributed by atoms with E-state index in [4.69, 9.17) is 9.47 Å². The Morgan fingerprint density at radius 2 is 0.680 bits per heavy atom. The van der Waals surface area contributed by atoms with Crippen LogP contribution in [0.2, 0.25) is 0 Å². The smallest absolute Gasteiger partial charge is 0.132 e. The van der Waals surface area contributed by atoms with Gasteiger partial charge in [-0.1, -0.05) is 218 Å². The van der Waals surface area contributed by atoms with Crippen molar-refractivity contribution < 1.29 is 9.47 Å². The van der Waals surface area contributed by atoms with Crippen LogP contribution in [0.1, 0.15) is 44.5 Å². The molecule has 0 amide bonds. The van der Waals surface area contributed by atoms with E-state index < -0.39 is 10.8 Å². The Hall–Kier alpha value is -9.70. The van der Waals surface area contributed by atoms with Gasteiger partial charge in [-0.05, 0) is 116 Å². The maximum absolute atomic E-state index is 6.79. The van der Waals surface area contributed by atoms with E-state index in [-0.39, 0.29) is 0 Å². The van der Waals surface area contributed by atoms with Gasteiger partial charge in [0.05, 0.1) is 27.9 Å². The molecule has 0 bridgehead atoms. The highest BCUT2D eigenvalue weighted by molar-refractivity contribution is 6.08. The maximum atomic E-state index is 6.79. The summed E-state index contributed by atoms with van der Waals surface area (Å²) >= 11 is 0. The second kappa shape index (κ2) is 15.9. The SMILES string of the molecule is c1ccc(-c2ccc(-c3ccccc3N(c3cccc4c3-c3ccccc3C43c4ccccc4Oc4ccccc43)c3cccc4cc5c(cc34)C3(c4ccccc4Oc4ccccc43)c3ccccc3-5)cc2)cc1. The first kappa shape index (κ1) is 41.9. The summed E-state index contributed by atoms with van der Waals surface area (Å²) in [4.78, 5) is 2.57. The van der Waals surface area contributed by atoms with E-state index in [0.29, 0.717) is 0 Å². The highest BCUT2D eigenvalue weighted by atomic mass is 16.5. The van der Waals surface area contributed by atoms with Crippen molar-refractivity contribution in [1.29, 1.82) is 0 Å². The minimum Gasteiger partial charge on any atom is -0.457 e. The molecule has 0 saturated carbocycles. The van der Waals surface area contributed by atoms with Gasteiger partial charge in [-0.15, -0.1) is 0 Å². The van der Waals surface area contributed by atoms with Crippen LogP contribution in [0.4, 0.5) is 17.1 Å². The fourth-order valence-corrected chi connectivity index (χ4v) is 13.6. The zero-order valence-corrected chi connectivity index (χ0v) is 40.7. The first-order valence-corrected chi connectivity index (χ1v) is 25.9. The Morgan fingerprint density at radius 3 is 1.31 bits per heavy atom. The lowest BCUT2D eigenvalue weighted by Crippen LogP contribution is -2.32. The van der Waals surface area contributed by atoms with Gasteiger partial charge in [0.2, 0.25) is 0 Å². The average Bonchev–Trinajstić information content (AvgIpc) is 4.16. The van der Waals surface area contributed by atoms with Crippen LogP contribution < -0.4 is 14.4 Å². The molecule has 2 heterocycles. The molecule has 3 heteroatoms. The van der Waals surface area contributed by atoms with Gasteiger partial charge in [-0.3, -0.25) is 0 Å². The predicted molar refractivity (Wildman–Crippen MR) is 304 cm³/mol. The summed E-state index contributed by atoms with van der Waals surface area (Å²) in [5.74, 6) is 3.51. The summed E-state index contributed by atoms with van der Waals surface area (Å²) in [6.07, 6.45) is 0. The molecule has 0 saturated heterocycles. The van der Waals surface area contributed by atoms with Gasteiger partial charge in [0.1, 0.15) is 23.0 Å². The summed E-state index contributed by atoms with van der Waals surface area (Å²) in [6, 6.07) is 100. The van der Waals surface area contributed by atoms with Crippen LogP contribution in [0.15, 0.2) is 273 Å². The third kappa shape index (κ3) is 5.70. The molecule has 12 aromatic carbocycles. The second-order valence-electron chi connectivity index (χ2n) is 20.2. The summed E-state index contributed by atoms with van der Waals surface area (Å²) in [6.45, 7) is 0. The average molecular weight is 956 g/mol. The van der Waals surface area contributed by atoms with Crippen molar-refractivity contribution >= 4 is 27.8 Å². The molecule has 2 aliphatic carbocycles. The molecule has 0 atom stereocenters. The lowest BCUT2D eigenvalue weighted by Gasteiger charge is -2.39. The van der Waals surface area contributed by atoms with E-state index in [1.165, 1.54) is 55.6 Å². The van der Waals surface area contributed by atoms with Crippen LogP contribution in [0.25, 0.3) is 55.3 Å². The van der Waals surface area contributed by atoms with Crippen molar-refractivity contribution in [1.82, 2.24) is 0 Å². The molecule has 4 aliphatic rings. The van der Waals surface area contributed by atoms with Gasteiger partial charge in [0.15, 0.2) is 0 Å². The minimum absolute atomic E-state index is 0.634. The number of hydrogen-bond donors (Lipinski definition) is 0. The lowest BCUT2D eigenvalue weighted by molar-refractivity contribution is 0.436. The van der Waals surface area contributed by atoms with E-state index in [2.05, 4.69) is 278 Å². The van der Waals surface area contributed by atoms with Crippen molar-refractivity contribution in [2.45, 2.75) is 10.8 Å². The van der Waals surface area contributed by atoms with Crippen molar-refractivity contribution in [3.63, 3.8) is 0 Å². The number of hydrogen-bond acceptors (Lipinski definition) is 3. The topological polar surface area (TPSA) is 21.7 Å². The summed E-state index contributed by atoms with van der Waals surface area (Å²) < 4.78 is 13.6. The van der Waals surface area contributed by atoms with Gasteiger partial charge in [-0.25, -0.2) is 0 Å². The molecule has 0 aromatic heterocycles. The van der Waals surface area contributed by atoms with Gasteiger partial charge in [0, 0.05) is 38.8 Å². The van der Waals surface area contributed by atoms with Gasteiger partial charge in [-0.2, -0.15) is 0 Å². The van der Waals surface area contributed by atoms with Crippen LogP contribution in [0.3, 0.4) is 0 Å². The third-order valence-electron chi connectivity index (χ3n) is 16.6. The number of anilines is 3. The molecule has 0 fully saturated rings. The maximum Gasteiger partial charge on any atom is 0.132 e. The highest BCUT2D eigenvalue weighted by Gasteiger charge is 2.53. The molecule has 350 valence electrons.